The molecule has 1 saturated heterocycles. The summed E-state index contributed by atoms with van der Waals surface area (Å²) in [5.41, 5.74) is 6.23. The van der Waals surface area contributed by atoms with E-state index in [2.05, 4.69) is 14.7 Å². The Balaban J connectivity index is 0.00000300. The van der Waals surface area contributed by atoms with E-state index in [4.69, 9.17) is 10.5 Å². The average molecular weight is 435 g/mol. The number of ether oxygens (including phenoxy) is 1. The van der Waals surface area contributed by atoms with Gasteiger partial charge in [-0.1, -0.05) is 17.3 Å². The molecule has 2 heterocycles. The van der Waals surface area contributed by atoms with Crippen molar-refractivity contribution in [2.24, 2.45) is 5.73 Å². The van der Waals surface area contributed by atoms with E-state index in [0.717, 1.165) is 19.3 Å². The molecule has 0 aliphatic carbocycles. The van der Waals surface area contributed by atoms with Gasteiger partial charge in [0.25, 0.3) is 5.91 Å². The van der Waals surface area contributed by atoms with Gasteiger partial charge in [-0.2, -0.15) is 18.2 Å². The summed E-state index contributed by atoms with van der Waals surface area (Å²) >= 11 is 0. The molecule has 1 aromatic carbocycles. The van der Waals surface area contributed by atoms with Gasteiger partial charge >= 0.3 is 12.1 Å². The zero-order chi connectivity index (χ0) is 20.1. The minimum Gasteiger partial charge on any atom is -0.378 e. The van der Waals surface area contributed by atoms with Crippen LogP contribution in [0.3, 0.4) is 0 Å². The molecule has 0 saturated carbocycles. The van der Waals surface area contributed by atoms with Crippen molar-refractivity contribution in [2.45, 2.75) is 31.5 Å². The standard InChI is InChI=1S/C18H21F3N4O3.ClH/c19-18(20,21)17-23-15(24-28-17)12-2-4-13(5-3-12)16(26)25-9-6-14(7-10-25)27-11-1-8-22;/h2-5,14H,1,6-11,22H2;1H. The average Bonchev–Trinajstić information content (AvgIpc) is 3.19. The van der Waals surface area contributed by atoms with Crippen LogP contribution in [0, 0.1) is 0 Å². The molecule has 1 amide bonds. The van der Waals surface area contributed by atoms with E-state index in [-0.39, 0.29) is 30.2 Å². The number of halogens is 4. The first kappa shape index (κ1) is 23.1. The molecule has 1 fully saturated rings. The van der Waals surface area contributed by atoms with Crippen LogP contribution in [-0.2, 0) is 10.9 Å². The second kappa shape index (κ2) is 10.0. The molecule has 7 nitrogen and oxygen atoms in total. The van der Waals surface area contributed by atoms with Crippen LogP contribution in [0.1, 0.15) is 35.5 Å². The lowest BCUT2D eigenvalue weighted by Crippen LogP contribution is -2.41. The number of hydrogen-bond acceptors (Lipinski definition) is 6. The maximum Gasteiger partial charge on any atom is 0.471 e. The maximum atomic E-state index is 12.6. The van der Waals surface area contributed by atoms with Gasteiger partial charge in [0, 0.05) is 30.8 Å². The number of rotatable bonds is 6. The quantitative estimate of drug-likeness (QED) is 0.702. The van der Waals surface area contributed by atoms with Crippen molar-refractivity contribution in [1.29, 1.82) is 0 Å². The lowest BCUT2D eigenvalue weighted by Gasteiger charge is -2.32. The van der Waals surface area contributed by atoms with Gasteiger partial charge in [0.2, 0.25) is 5.82 Å². The maximum absolute atomic E-state index is 12.6. The number of carbonyl (C=O) groups excluding carboxylic acids is 1. The van der Waals surface area contributed by atoms with Gasteiger partial charge in [0.15, 0.2) is 0 Å². The third-order valence-corrected chi connectivity index (χ3v) is 4.49. The highest BCUT2D eigenvalue weighted by molar-refractivity contribution is 5.94. The van der Waals surface area contributed by atoms with E-state index >= 15 is 0 Å². The van der Waals surface area contributed by atoms with Crippen LogP contribution < -0.4 is 5.73 Å². The highest BCUT2D eigenvalue weighted by Gasteiger charge is 2.38. The lowest BCUT2D eigenvalue weighted by atomic mass is 10.1. The largest absolute Gasteiger partial charge is 0.471 e. The molecule has 1 aliphatic heterocycles. The minimum absolute atomic E-state index is 0. The molecule has 11 heteroatoms. The van der Waals surface area contributed by atoms with Crippen molar-refractivity contribution in [3.8, 4) is 11.4 Å². The van der Waals surface area contributed by atoms with E-state index < -0.39 is 12.1 Å². The van der Waals surface area contributed by atoms with Gasteiger partial charge in [-0.3, -0.25) is 4.79 Å². The summed E-state index contributed by atoms with van der Waals surface area (Å²) in [4.78, 5) is 17.7. The highest BCUT2D eigenvalue weighted by Crippen LogP contribution is 2.29. The van der Waals surface area contributed by atoms with Crippen LogP contribution >= 0.6 is 12.4 Å². The second-order valence-corrected chi connectivity index (χ2v) is 6.50. The van der Waals surface area contributed by atoms with E-state index in [0.29, 0.717) is 37.4 Å². The fourth-order valence-electron chi connectivity index (χ4n) is 2.96. The van der Waals surface area contributed by atoms with Gasteiger partial charge in [0.05, 0.1) is 6.10 Å². The summed E-state index contributed by atoms with van der Waals surface area (Å²) in [6, 6.07) is 6.10. The Labute approximate surface area is 171 Å². The van der Waals surface area contributed by atoms with E-state index in [1.165, 1.54) is 12.1 Å². The SMILES string of the molecule is Cl.NCCCOC1CCN(C(=O)c2ccc(-c3noc(C(F)(F)F)n3)cc2)CC1. The first-order valence-electron chi connectivity index (χ1n) is 9.01. The molecule has 3 rings (SSSR count). The zero-order valence-electron chi connectivity index (χ0n) is 15.5. The van der Waals surface area contributed by atoms with Gasteiger partial charge in [-0.25, -0.2) is 0 Å². The molecule has 1 aliphatic rings. The number of piperidine rings is 1. The van der Waals surface area contributed by atoms with Crippen molar-refractivity contribution in [2.75, 3.05) is 26.2 Å². The Morgan fingerprint density at radius 3 is 2.45 bits per heavy atom. The molecule has 2 aromatic rings. The predicted molar refractivity (Wildman–Crippen MR) is 101 cm³/mol. The molecule has 0 radical (unpaired) electrons. The van der Waals surface area contributed by atoms with Crippen LogP contribution in [0.2, 0.25) is 0 Å². The number of hydrogen-bond donors (Lipinski definition) is 1. The van der Waals surface area contributed by atoms with Gasteiger partial charge in [-0.15, -0.1) is 12.4 Å². The fourth-order valence-corrected chi connectivity index (χ4v) is 2.96. The summed E-state index contributed by atoms with van der Waals surface area (Å²) in [6.07, 6.45) is -2.22. The molecular formula is C18H22ClF3N4O3. The number of benzene rings is 1. The topological polar surface area (TPSA) is 94.5 Å². The van der Waals surface area contributed by atoms with Gasteiger partial charge in [0.1, 0.15) is 0 Å². The number of likely N-dealkylation sites (tertiary alicyclic amines) is 1. The Hall–Kier alpha value is -2.17. The van der Waals surface area contributed by atoms with Crippen molar-refractivity contribution < 1.29 is 27.2 Å². The fraction of sp³-hybridized carbons (Fsp3) is 0.500. The zero-order valence-corrected chi connectivity index (χ0v) is 16.3. The van der Waals surface area contributed by atoms with Crippen molar-refractivity contribution in [3.63, 3.8) is 0 Å². The Bertz CT molecular complexity index is 790. The minimum atomic E-state index is -4.69. The van der Waals surface area contributed by atoms with Crippen molar-refractivity contribution in [3.05, 3.63) is 35.7 Å². The first-order chi connectivity index (χ1) is 13.4. The third-order valence-electron chi connectivity index (χ3n) is 4.49. The normalized spacial score (nSPS) is 15.2. The van der Waals surface area contributed by atoms with Gasteiger partial charge in [-0.05, 0) is 37.9 Å². The molecule has 0 unspecified atom stereocenters. The summed E-state index contributed by atoms with van der Waals surface area (Å²) in [6.45, 7) is 2.40. The molecular weight excluding hydrogens is 413 g/mol. The van der Waals surface area contributed by atoms with Crippen LogP contribution in [0.5, 0.6) is 0 Å². The molecule has 0 atom stereocenters. The summed E-state index contributed by atoms with van der Waals surface area (Å²) in [5, 5.41) is 3.33. The van der Waals surface area contributed by atoms with E-state index in [1.54, 1.807) is 17.0 Å². The lowest BCUT2D eigenvalue weighted by molar-refractivity contribution is -0.159. The molecule has 0 spiro atoms. The number of carbonyl (C=O) groups is 1. The van der Waals surface area contributed by atoms with E-state index in [1.807, 2.05) is 0 Å². The van der Waals surface area contributed by atoms with Crippen LogP contribution in [0.4, 0.5) is 13.2 Å². The van der Waals surface area contributed by atoms with Gasteiger partial charge < -0.3 is 19.9 Å². The third kappa shape index (κ3) is 5.91. The molecule has 160 valence electrons. The highest BCUT2D eigenvalue weighted by atomic mass is 35.5. The Morgan fingerprint density at radius 2 is 1.90 bits per heavy atom. The molecule has 1 aromatic heterocycles. The smallest absolute Gasteiger partial charge is 0.378 e. The van der Waals surface area contributed by atoms with Crippen LogP contribution in [0.15, 0.2) is 28.8 Å². The summed E-state index contributed by atoms with van der Waals surface area (Å²) in [5.74, 6) is -1.71. The predicted octanol–water partition coefficient (Wildman–Crippen LogP) is 3.15. The van der Waals surface area contributed by atoms with E-state index in [9.17, 15) is 18.0 Å². The Morgan fingerprint density at radius 1 is 1.24 bits per heavy atom. The number of alkyl halides is 3. The second-order valence-electron chi connectivity index (χ2n) is 6.50. The number of nitrogens with zero attached hydrogens (tertiary/aromatic N) is 3. The molecule has 29 heavy (non-hydrogen) atoms. The number of aromatic nitrogens is 2. The first-order valence-corrected chi connectivity index (χ1v) is 9.01. The van der Waals surface area contributed by atoms with Crippen molar-refractivity contribution >= 4 is 18.3 Å². The van der Waals surface area contributed by atoms with Crippen LogP contribution in [-0.4, -0.2) is 53.3 Å². The summed E-state index contributed by atoms with van der Waals surface area (Å²) in [7, 11) is 0. The number of amides is 1. The molecule has 0 bridgehead atoms. The molecule has 2 N–H and O–H groups in total. The summed E-state index contributed by atoms with van der Waals surface area (Å²) < 4.78 is 47.6. The number of nitrogens with two attached hydrogens (primary N) is 1. The monoisotopic (exact) mass is 434 g/mol. The van der Waals surface area contributed by atoms with Crippen LogP contribution in [0.25, 0.3) is 11.4 Å². The Kier molecular flexibility index (Phi) is 8.00. The van der Waals surface area contributed by atoms with Crippen molar-refractivity contribution in [1.82, 2.24) is 15.0 Å².